The summed E-state index contributed by atoms with van der Waals surface area (Å²) in [5, 5.41) is 79.6. The number of methoxy groups -OCH3 is 1. The van der Waals surface area contributed by atoms with Crippen LogP contribution in [-0.2, 0) is 4.74 Å². The third-order valence-electron chi connectivity index (χ3n) is 15.4. The van der Waals surface area contributed by atoms with Crippen LogP contribution in [-0.4, -0.2) is 91.2 Å². The quantitative estimate of drug-likeness (QED) is 0.203. The first kappa shape index (κ1) is 36.5. The van der Waals surface area contributed by atoms with Crippen molar-refractivity contribution in [1.29, 1.82) is 0 Å². The average molecular weight is 665 g/mol. The number of ether oxygens (including phenoxy) is 1. The van der Waals surface area contributed by atoms with Crippen LogP contribution in [0.1, 0.15) is 117 Å². The lowest BCUT2D eigenvalue weighted by Crippen LogP contribution is -2.73. The molecule has 6 aliphatic rings. The highest BCUT2D eigenvalue weighted by atomic mass is 16.5. The first-order chi connectivity index (χ1) is 22.3. The molecule has 0 aromatic carbocycles. The molecule has 0 aromatic heterocycles. The monoisotopic (exact) mass is 664 g/mol. The molecule has 0 spiro atoms. The third kappa shape index (κ3) is 6.86. The van der Waals surface area contributed by atoms with Crippen molar-refractivity contribution in [2.45, 2.75) is 165 Å². The van der Waals surface area contributed by atoms with E-state index in [1.165, 1.54) is 58.3 Å². The number of aliphatic hydroxyl groups is 7. The Kier molecular flexibility index (Phi) is 11.4. The summed E-state index contributed by atoms with van der Waals surface area (Å²) < 4.78 is 6.17. The molecule has 6 aliphatic carbocycles. The molecule has 6 saturated carbocycles. The highest BCUT2D eigenvalue weighted by molar-refractivity contribution is 5.16. The van der Waals surface area contributed by atoms with E-state index in [9.17, 15) is 35.7 Å². The topological polar surface area (TPSA) is 151 Å². The Morgan fingerprint density at radius 3 is 2.11 bits per heavy atom. The third-order valence-corrected chi connectivity index (χ3v) is 15.4. The van der Waals surface area contributed by atoms with Crippen molar-refractivity contribution in [2.75, 3.05) is 7.11 Å². The Balaban J connectivity index is 1.16. The maximum atomic E-state index is 12.0. The summed E-state index contributed by atoms with van der Waals surface area (Å²) in [4.78, 5) is 0. The highest BCUT2D eigenvalue weighted by Crippen LogP contribution is 2.60. The van der Waals surface area contributed by atoms with Gasteiger partial charge in [0.1, 0.15) is 5.60 Å². The van der Waals surface area contributed by atoms with Crippen molar-refractivity contribution in [3.05, 3.63) is 0 Å². The van der Waals surface area contributed by atoms with Gasteiger partial charge in [-0.05, 0) is 118 Å². The number of aliphatic hydroxyl groups excluding tert-OH is 6. The Morgan fingerprint density at radius 2 is 1.43 bits per heavy atom. The average Bonchev–Trinajstić information content (AvgIpc) is 3.02. The van der Waals surface area contributed by atoms with Gasteiger partial charge in [0.15, 0.2) is 0 Å². The molecule has 0 heterocycles. The van der Waals surface area contributed by atoms with Gasteiger partial charge in [-0.3, -0.25) is 0 Å². The molecule has 0 saturated heterocycles. The largest absolute Gasteiger partial charge is 0.393 e. The first-order valence-electron chi connectivity index (χ1n) is 19.7. The fourth-order valence-corrected chi connectivity index (χ4v) is 12.8. The molecule has 0 radical (unpaired) electrons. The van der Waals surface area contributed by atoms with Crippen molar-refractivity contribution in [3.8, 4) is 0 Å². The van der Waals surface area contributed by atoms with Gasteiger partial charge in [0, 0.05) is 24.9 Å². The van der Waals surface area contributed by atoms with Gasteiger partial charge in [-0.25, -0.2) is 0 Å². The van der Waals surface area contributed by atoms with Crippen LogP contribution in [0.25, 0.3) is 0 Å². The summed E-state index contributed by atoms with van der Waals surface area (Å²) in [6.45, 7) is 6.33. The smallest absolute Gasteiger partial charge is 0.120 e. The minimum atomic E-state index is -1.93. The fourth-order valence-electron chi connectivity index (χ4n) is 12.8. The van der Waals surface area contributed by atoms with Crippen molar-refractivity contribution in [3.63, 3.8) is 0 Å². The molecule has 47 heavy (non-hydrogen) atoms. The van der Waals surface area contributed by atoms with E-state index < -0.39 is 65.9 Å². The van der Waals surface area contributed by atoms with E-state index in [2.05, 4.69) is 13.8 Å². The summed E-state index contributed by atoms with van der Waals surface area (Å²) in [7, 11) is 1.84. The normalized spacial score (nSPS) is 53.3. The second-order valence-corrected chi connectivity index (χ2v) is 18.1. The summed E-state index contributed by atoms with van der Waals surface area (Å²) >= 11 is 0. The minimum absolute atomic E-state index is 0.0876. The molecule has 0 amide bonds. The SMILES string of the molecule is COC1CCC(CC(C)CCC2CCC(C)CC2)CC1C1CCC(O)C2C(O)C3C(CC12)CC1CC(O)C(C(C)O)C(O)C1(O)C3O. The van der Waals surface area contributed by atoms with Crippen LogP contribution in [0.4, 0.5) is 0 Å². The fraction of sp³-hybridized carbons (Fsp3) is 1.00. The summed E-state index contributed by atoms with van der Waals surface area (Å²) in [5.74, 6) is 1.25. The van der Waals surface area contributed by atoms with Gasteiger partial charge < -0.3 is 40.5 Å². The maximum absolute atomic E-state index is 12.0. The zero-order valence-electron chi connectivity index (χ0n) is 29.6. The summed E-state index contributed by atoms with van der Waals surface area (Å²) in [5.41, 5.74) is -1.93. The number of rotatable bonds is 8. The molecule has 18 atom stereocenters. The van der Waals surface area contributed by atoms with Crippen LogP contribution in [0.5, 0.6) is 0 Å². The molecule has 7 N–H and O–H groups in total. The molecule has 0 aromatic rings. The molecule has 6 rings (SSSR count). The Bertz CT molecular complexity index is 1020. The van der Waals surface area contributed by atoms with Crippen LogP contribution < -0.4 is 0 Å². The second-order valence-electron chi connectivity index (χ2n) is 18.1. The van der Waals surface area contributed by atoms with E-state index in [0.29, 0.717) is 30.6 Å². The Hall–Kier alpha value is -0.320. The lowest BCUT2D eigenvalue weighted by molar-refractivity contribution is -0.295. The summed E-state index contributed by atoms with van der Waals surface area (Å²) in [6, 6.07) is 0. The summed E-state index contributed by atoms with van der Waals surface area (Å²) in [6.07, 6.45) is 9.35. The van der Waals surface area contributed by atoms with E-state index in [1.807, 2.05) is 7.11 Å². The molecule has 6 fully saturated rings. The minimum Gasteiger partial charge on any atom is -0.393 e. The predicted octanol–water partition coefficient (Wildman–Crippen LogP) is 4.29. The number of hydrogen-bond acceptors (Lipinski definition) is 8. The van der Waals surface area contributed by atoms with Gasteiger partial charge in [-0.2, -0.15) is 0 Å². The van der Waals surface area contributed by atoms with E-state index in [1.54, 1.807) is 0 Å². The van der Waals surface area contributed by atoms with E-state index >= 15 is 0 Å². The molecule has 0 aliphatic heterocycles. The highest BCUT2D eigenvalue weighted by Gasteiger charge is 2.67. The zero-order chi connectivity index (χ0) is 33.8. The van der Waals surface area contributed by atoms with Gasteiger partial charge in [-0.15, -0.1) is 0 Å². The van der Waals surface area contributed by atoms with Crippen LogP contribution in [0.2, 0.25) is 0 Å². The van der Waals surface area contributed by atoms with Crippen molar-refractivity contribution in [1.82, 2.24) is 0 Å². The van der Waals surface area contributed by atoms with Gasteiger partial charge >= 0.3 is 0 Å². The van der Waals surface area contributed by atoms with Crippen molar-refractivity contribution < 1.29 is 40.5 Å². The van der Waals surface area contributed by atoms with E-state index in [4.69, 9.17) is 4.74 Å². The number of hydrogen-bond donors (Lipinski definition) is 7. The Morgan fingerprint density at radius 1 is 0.723 bits per heavy atom. The maximum Gasteiger partial charge on any atom is 0.120 e. The van der Waals surface area contributed by atoms with Crippen molar-refractivity contribution >= 4 is 0 Å². The standard InChI is InChI=1S/C39H68O8/c1-20-5-8-23(9-6-20)10-7-21(2)15-24-11-14-32(47-4)28(16-24)27-12-13-30(41)35-29(27)18-25-17-26-19-31(42)33(22(3)40)37(44)39(26,46)38(45)34(25)36(35)43/h20-38,40-46H,5-19H2,1-4H3. The molecule has 272 valence electrons. The van der Waals surface area contributed by atoms with Crippen LogP contribution in [0.15, 0.2) is 0 Å². The van der Waals surface area contributed by atoms with Gasteiger partial charge in [0.2, 0.25) is 0 Å². The van der Waals surface area contributed by atoms with Crippen LogP contribution >= 0.6 is 0 Å². The van der Waals surface area contributed by atoms with E-state index in [-0.39, 0.29) is 24.4 Å². The molecule has 18 unspecified atom stereocenters. The number of fused-ring (bicyclic) bond motifs is 3. The predicted molar refractivity (Wildman–Crippen MR) is 180 cm³/mol. The second kappa shape index (κ2) is 14.7. The van der Waals surface area contributed by atoms with Crippen LogP contribution in [0, 0.1) is 71.0 Å². The first-order valence-corrected chi connectivity index (χ1v) is 19.7. The van der Waals surface area contributed by atoms with E-state index in [0.717, 1.165) is 43.4 Å². The van der Waals surface area contributed by atoms with Gasteiger partial charge in [0.25, 0.3) is 0 Å². The molecule has 8 heteroatoms. The Labute approximate surface area is 283 Å². The van der Waals surface area contributed by atoms with Crippen molar-refractivity contribution in [2.24, 2.45) is 71.0 Å². The molecular formula is C39H68O8. The molecule has 0 bridgehead atoms. The molecular weight excluding hydrogens is 596 g/mol. The zero-order valence-corrected chi connectivity index (χ0v) is 29.6. The lowest BCUT2D eigenvalue weighted by atomic mass is 9.47. The molecule has 8 nitrogen and oxygen atoms in total. The van der Waals surface area contributed by atoms with Gasteiger partial charge in [-0.1, -0.05) is 52.4 Å². The lowest BCUT2D eigenvalue weighted by Gasteiger charge is -2.63. The van der Waals surface area contributed by atoms with Gasteiger partial charge in [0.05, 0.1) is 42.7 Å². The van der Waals surface area contributed by atoms with Crippen LogP contribution in [0.3, 0.4) is 0 Å².